The van der Waals surface area contributed by atoms with Crippen LogP contribution in [0.2, 0.25) is 0 Å². The molecule has 1 aliphatic rings. The number of hydrogen-bond donors (Lipinski definition) is 4. The molecule has 1 heterocycles. The van der Waals surface area contributed by atoms with Crippen LogP contribution in [0.4, 0.5) is 0 Å². The number of rotatable bonds is 25. The van der Waals surface area contributed by atoms with E-state index in [1.807, 2.05) is 66.5 Å². The number of benzene rings is 1. The molecule has 60 heavy (non-hydrogen) atoms. The van der Waals surface area contributed by atoms with E-state index < -0.39 is 76.0 Å². The van der Waals surface area contributed by atoms with Crippen LogP contribution in [0.15, 0.2) is 30.3 Å². The Bertz CT molecular complexity index is 1650. The minimum atomic E-state index is -4.32. The van der Waals surface area contributed by atoms with Gasteiger partial charge >= 0.3 is 0 Å². The Hall–Kier alpha value is -3.64. The van der Waals surface area contributed by atoms with Crippen LogP contribution in [-0.4, -0.2) is 153 Å². The molecule has 0 saturated carbocycles. The predicted molar refractivity (Wildman–Crippen MR) is 231 cm³/mol. The molecular formula is C43H74N6O10S. The number of likely N-dealkylation sites (N-methyl/N-ethyl adjacent to an activating group) is 2. The number of hydrogen-bond acceptors (Lipinski definition) is 10. The van der Waals surface area contributed by atoms with E-state index in [2.05, 4.69) is 16.0 Å². The standard InChI is InChI=1S/C43H74N6O10S/c1-13-29(7)38(48(10)43(54)36(27(3)4)46-42(53)37(28(5)6)47(9)14-2)34(58-11)26-35(50)49-23-18-21-33(49)39(59-12)30(8)40(51)45-32(25-31-19-16-15-17-20-31)41(52)44-22-24-60(55,56)57/h15-17,19-20,27-30,32-34,36-39H,13-14,18,21-26H2,1-12H3,(H,44,52)(H,45,51)(H,46,53)(H,55,56,57)/t29-,30+,32-,33-,34+,36-,37-,38-,39+/m0/s1. The molecule has 1 saturated heterocycles. The molecule has 0 spiro atoms. The third-order valence-electron chi connectivity index (χ3n) is 11.9. The van der Waals surface area contributed by atoms with E-state index in [1.165, 1.54) is 14.2 Å². The highest BCUT2D eigenvalue weighted by Crippen LogP contribution is 2.30. The van der Waals surface area contributed by atoms with Crippen molar-refractivity contribution in [3.8, 4) is 0 Å². The number of methoxy groups -OCH3 is 2. The van der Waals surface area contributed by atoms with Crippen LogP contribution in [0, 0.1) is 23.7 Å². The highest BCUT2D eigenvalue weighted by molar-refractivity contribution is 7.85. The minimum absolute atomic E-state index is 0.0210. The van der Waals surface area contributed by atoms with Gasteiger partial charge in [0.2, 0.25) is 29.5 Å². The molecule has 1 fully saturated rings. The van der Waals surface area contributed by atoms with E-state index in [1.54, 1.807) is 48.0 Å². The molecular weight excluding hydrogens is 793 g/mol. The van der Waals surface area contributed by atoms with Crippen LogP contribution in [0.5, 0.6) is 0 Å². The van der Waals surface area contributed by atoms with Crippen LogP contribution in [0.3, 0.4) is 0 Å². The van der Waals surface area contributed by atoms with Crippen LogP contribution in [0.25, 0.3) is 0 Å². The van der Waals surface area contributed by atoms with Crippen molar-refractivity contribution in [3.63, 3.8) is 0 Å². The Kier molecular flexibility index (Phi) is 21.6. The number of amides is 5. The smallest absolute Gasteiger partial charge is 0.266 e. The maximum Gasteiger partial charge on any atom is 0.266 e. The predicted octanol–water partition coefficient (Wildman–Crippen LogP) is 2.76. The number of carbonyl (C=O) groups is 5. The quantitative estimate of drug-likeness (QED) is 0.105. The molecule has 0 aromatic heterocycles. The van der Waals surface area contributed by atoms with Gasteiger partial charge in [0.05, 0.1) is 48.4 Å². The fraction of sp³-hybridized carbons (Fsp3) is 0.744. The molecule has 1 aliphatic heterocycles. The number of nitrogens with zero attached hydrogens (tertiary/aromatic N) is 3. The third kappa shape index (κ3) is 15.1. The van der Waals surface area contributed by atoms with Gasteiger partial charge in [-0.2, -0.15) is 8.42 Å². The fourth-order valence-electron chi connectivity index (χ4n) is 8.27. The fourth-order valence-corrected chi connectivity index (χ4v) is 8.63. The summed E-state index contributed by atoms with van der Waals surface area (Å²) in [6.07, 6.45) is 0.562. The van der Waals surface area contributed by atoms with Crippen LogP contribution in [0.1, 0.15) is 86.6 Å². The van der Waals surface area contributed by atoms with Crippen molar-refractivity contribution in [2.24, 2.45) is 23.7 Å². The molecule has 2 rings (SSSR count). The molecule has 5 amide bonds. The van der Waals surface area contributed by atoms with E-state index in [0.29, 0.717) is 32.4 Å². The van der Waals surface area contributed by atoms with E-state index in [0.717, 1.165) is 5.56 Å². The molecule has 342 valence electrons. The minimum Gasteiger partial charge on any atom is -0.379 e. The van der Waals surface area contributed by atoms with Crippen molar-refractivity contribution in [2.75, 3.05) is 53.7 Å². The maximum atomic E-state index is 14.3. The first kappa shape index (κ1) is 52.5. The van der Waals surface area contributed by atoms with E-state index >= 15 is 0 Å². The van der Waals surface area contributed by atoms with Gasteiger partial charge in [-0.25, -0.2) is 0 Å². The summed E-state index contributed by atoms with van der Waals surface area (Å²) in [7, 11) is 2.28. The van der Waals surface area contributed by atoms with Gasteiger partial charge in [0.15, 0.2) is 0 Å². The Morgan fingerprint density at radius 2 is 1.53 bits per heavy atom. The SMILES string of the molecule is CC[C@H](C)[C@@H]([C@@H](CC(=O)N1CCC[C@H]1[C@H](OC)[C@@H](C)C(=O)N[C@@H](Cc1ccccc1)C(=O)NCCS(=O)(=O)O)OC)N(C)C(=O)[C@@H](NC(=O)[C@H](C(C)C)N(C)CC)C(C)C. The van der Waals surface area contributed by atoms with E-state index in [-0.39, 0.29) is 54.9 Å². The van der Waals surface area contributed by atoms with Gasteiger partial charge in [-0.15, -0.1) is 0 Å². The molecule has 0 bridgehead atoms. The van der Waals surface area contributed by atoms with Crippen molar-refractivity contribution < 1.29 is 46.4 Å². The first-order valence-electron chi connectivity index (χ1n) is 21.3. The lowest BCUT2D eigenvalue weighted by molar-refractivity contribution is -0.148. The second-order valence-corrected chi connectivity index (χ2v) is 18.5. The summed E-state index contributed by atoms with van der Waals surface area (Å²) >= 11 is 0. The molecule has 16 nitrogen and oxygen atoms in total. The number of nitrogens with one attached hydrogen (secondary N) is 3. The average Bonchev–Trinajstić information content (AvgIpc) is 3.68. The number of likely N-dealkylation sites (tertiary alicyclic amines) is 1. The highest BCUT2D eigenvalue weighted by atomic mass is 32.2. The zero-order valence-corrected chi connectivity index (χ0v) is 38.8. The molecule has 0 radical (unpaired) electrons. The van der Waals surface area contributed by atoms with Gasteiger partial charge in [0, 0.05) is 40.8 Å². The van der Waals surface area contributed by atoms with Gasteiger partial charge in [-0.05, 0) is 49.8 Å². The van der Waals surface area contributed by atoms with Crippen molar-refractivity contribution in [3.05, 3.63) is 35.9 Å². The summed E-state index contributed by atoms with van der Waals surface area (Å²) in [5, 5.41) is 8.34. The van der Waals surface area contributed by atoms with Crippen molar-refractivity contribution in [1.29, 1.82) is 0 Å². The lowest BCUT2D eigenvalue weighted by atomic mass is 9.89. The molecule has 1 aromatic carbocycles. The summed E-state index contributed by atoms with van der Waals surface area (Å²) in [4.78, 5) is 74.7. The first-order valence-corrected chi connectivity index (χ1v) is 22.9. The average molecular weight is 867 g/mol. The Labute approximate surface area is 359 Å². The van der Waals surface area contributed by atoms with Gasteiger partial charge < -0.3 is 35.2 Å². The highest BCUT2D eigenvalue weighted by Gasteiger charge is 2.43. The number of ether oxygens (including phenoxy) is 2. The van der Waals surface area contributed by atoms with Crippen LogP contribution < -0.4 is 16.0 Å². The second-order valence-electron chi connectivity index (χ2n) is 16.9. The van der Waals surface area contributed by atoms with Crippen molar-refractivity contribution in [1.82, 2.24) is 30.7 Å². The number of carbonyl (C=O) groups excluding carboxylic acids is 5. The zero-order valence-electron chi connectivity index (χ0n) is 38.0. The molecule has 17 heteroatoms. The van der Waals surface area contributed by atoms with Gasteiger partial charge in [-0.3, -0.25) is 33.4 Å². The lowest BCUT2D eigenvalue weighted by Crippen LogP contribution is -2.60. The topological polar surface area (TPSA) is 204 Å². The van der Waals surface area contributed by atoms with E-state index in [9.17, 15) is 32.4 Å². The summed E-state index contributed by atoms with van der Waals surface area (Å²) in [6.45, 7) is 16.2. The normalized spacial score (nSPS) is 18.6. The van der Waals surface area contributed by atoms with E-state index in [4.69, 9.17) is 14.0 Å². The summed E-state index contributed by atoms with van der Waals surface area (Å²) < 4.78 is 43.6. The lowest BCUT2D eigenvalue weighted by Gasteiger charge is -2.41. The summed E-state index contributed by atoms with van der Waals surface area (Å²) in [5.41, 5.74) is 0.760. The van der Waals surface area contributed by atoms with Crippen molar-refractivity contribution >= 4 is 39.7 Å². The Morgan fingerprint density at radius 3 is 2.05 bits per heavy atom. The zero-order chi connectivity index (χ0) is 45.5. The summed E-state index contributed by atoms with van der Waals surface area (Å²) in [6, 6.07) is 5.75. The molecule has 9 atom stereocenters. The maximum absolute atomic E-state index is 14.3. The van der Waals surface area contributed by atoms with Crippen molar-refractivity contribution in [2.45, 2.75) is 130 Å². The van der Waals surface area contributed by atoms with Crippen LogP contribution in [-0.2, 0) is 50.0 Å². The molecule has 0 aliphatic carbocycles. The first-order chi connectivity index (χ1) is 28.1. The van der Waals surface area contributed by atoms with Gasteiger partial charge in [0.25, 0.3) is 10.1 Å². The van der Waals surface area contributed by atoms with Crippen LogP contribution >= 0.6 is 0 Å². The third-order valence-corrected chi connectivity index (χ3v) is 12.7. The monoisotopic (exact) mass is 867 g/mol. The Balaban J connectivity index is 2.31. The second kappa shape index (κ2) is 24.7. The summed E-state index contributed by atoms with van der Waals surface area (Å²) in [5.74, 6) is -3.58. The molecule has 4 N–H and O–H groups in total. The Morgan fingerprint density at radius 1 is 0.900 bits per heavy atom. The van der Waals surface area contributed by atoms with Gasteiger partial charge in [0.1, 0.15) is 12.1 Å². The van der Waals surface area contributed by atoms with Gasteiger partial charge in [-0.1, -0.05) is 92.1 Å². The largest absolute Gasteiger partial charge is 0.379 e. The molecule has 0 unspecified atom stereocenters. The molecule has 1 aromatic rings.